The van der Waals surface area contributed by atoms with E-state index in [0.717, 1.165) is 30.2 Å². The summed E-state index contributed by atoms with van der Waals surface area (Å²) >= 11 is 7.30. The molecule has 1 atom stereocenters. The van der Waals surface area contributed by atoms with Crippen LogP contribution in [-0.4, -0.2) is 45.1 Å². The molecule has 2 heterocycles. The summed E-state index contributed by atoms with van der Waals surface area (Å²) in [5, 5.41) is 9.03. The molecular weight excluding hydrogens is 310 g/mol. The summed E-state index contributed by atoms with van der Waals surface area (Å²) < 4.78 is 5.45. The van der Waals surface area contributed by atoms with E-state index in [-0.39, 0.29) is 12.1 Å². The minimum Gasteiger partial charge on any atom is -0.444 e. The zero-order chi connectivity index (χ0) is 15.5. The van der Waals surface area contributed by atoms with Crippen molar-refractivity contribution in [3.63, 3.8) is 0 Å². The molecule has 1 saturated heterocycles. The first kappa shape index (κ1) is 16.4. The van der Waals surface area contributed by atoms with Gasteiger partial charge in [0.2, 0.25) is 0 Å². The molecule has 0 radical (unpaired) electrons. The van der Waals surface area contributed by atoms with Gasteiger partial charge in [-0.25, -0.2) is 4.79 Å². The summed E-state index contributed by atoms with van der Waals surface area (Å²) in [5.74, 6) is 0.787. The van der Waals surface area contributed by atoms with E-state index in [0.29, 0.717) is 5.15 Å². The lowest BCUT2D eigenvalue weighted by atomic mass is 10.2. The number of ether oxygens (including phenoxy) is 1. The third-order valence-electron chi connectivity index (χ3n) is 3.04. The van der Waals surface area contributed by atoms with Crippen molar-refractivity contribution in [2.75, 3.05) is 12.3 Å². The monoisotopic (exact) mass is 329 g/mol. The van der Waals surface area contributed by atoms with Crippen molar-refractivity contribution in [3.05, 3.63) is 17.3 Å². The highest BCUT2D eigenvalue weighted by molar-refractivity contribution is 7.99. The fraction of sp³-hybridized carbons (Fsp3) is 0.643. The molecule has 1 aliphatic heterocycles. The van der Waals surface area contributed by atoms with Gasteiger partial charge in [0.05, 0.1) is 0 Å². The normalized spacial score (nSPS) is 18.9. The summed E-state index contributed by atoms with van der Waals surface area (Å²) in [6.45, 7) is 6.41. The number of halogens is 1. The van der Waals surface area contributed by atoms with Gasteiger partial charge >= 0.3 is 6.09 Å². The molecule has 1 aromatic rings. The van der Waals surface area contributed by atoms with Crippen LogP contribution in [-0.2, 0) is 4.74 Å². The van der Waals surface area contributed by atoms with E-state index in [1.165, 1.54) is 0 Å². The molecule has 0 bridgehead atoms. The zero-order valence-electron chi connectivity index (χ0n) is 12.5. The number of amides is 1. The second-order valence-electron chi connectivity index (χ2n) is 5.98. The van der Waals surface area contributed by atoms with Gasteiger partial charge in [-0.2, -0.15) is 0 Å². The molecule has 0 aliphatic carbocycles. The average Bonchev–Trinajstić information content (AvgIpc) is 2.84. The highest BCUT2D eigenvalue weighted by atomic mass is 35.5. The van der Waals surface area contributed by atoms with Crippen molar-refractivity contribution in [3.8, 4) is 0 Å². The van der Waals surface area contributed by atoms with Gasteiger partial charge in [0.15, 0.2) is 5.15 Å². The van der Waals surface area contributed by atoms with Crippen molar-refractivity contribution < 1.29 is 9.53 Å². The Morgan fingerprint density at radius 3 is 2.86 bits per heavy atom. The zero-order valence-corrected chi connectivity index (χ0v) is 14.1. The van der Waals surface area contributed by atoms with Gasteiger partial charge < -0.3 is 9.64 Å². The summed E-state index contributed by atoms with van der Waals surface area (Å²) in [6, 6.07) is 3.74. The first-order chi connectivity index (χ1) is 9.85. The number of rotatable bonds is 3. The SMILES string of the molecule is CC(C)(C)OC(=O)N1CCCC1CSc1ccc(Cl)nn1. The largest absolute Gasteiger partial charge is 0.444 e. The predicted octanol–water partition coefficient (Wildman–Crippen LogP) is 3.62. The maximum atomic E-state index is 12.2. The van der Waals surface area contributed by atoms with E-state index < -0.39 is 5.60 Å². The smallest absolute Gasteiger partial charge is 0.410 e. The molecule has 1 amide bonds. The molecule has 1 aromatic heterocycles. The molecular formula is C14H20ClN3O2S. The van der Waals surface area contributed by atoms with Gasteiger partial charge in [-0.3, -0.25) is 0 Å². The standard InChI is InChI=1S/C14H20ClN3O2S/c1-14(2,3)20-13(19)18-8-4-5-10(18)9-21-12-7-6-11(15)16-17-12/h6-7,10H,4-5,8-9H2,1-3H3. The maximum Gasteiger partial charge on any atom is 0.410 e. The van der Waals surface area contributed by atoms with Crippen LogP contribution in [0.25, 0.3) is 0 Å². The molecule has 1 fully saturated rings. The van der Waals surface area contributed by atoms with E-state index in [1.54, 1.807) is 17.8 Å². The Morgan fingerprint density at radius 2 is 2.24 bits per heavy atom. The lowest BCUT2D eigenvalue weighted by molar-refractivity contribution is 0.0242. The number of thioether (sulfide) groups is 1. The number of hydrogen-bond acceptors (Lipinski definition) is 5. The van der Waals surface area contributed by atoms with E-state index in [9.17, 15) is 4.79 Å². The van der Waals surface area contributed by atoms with Gasteiger partial charge in [-0.05, 0) is 45.7 Å². The van der Waals surface area contributed by atoms with Gasteiger partial charge in [0, 0.05) is 18.3 Å². The minimum atomic E-state index is -0.459. The second-order valence-corrected chi connectivity index (χ2v) is 7.40. The first-order valence-electron chi connectivity index (χ1n) is 6.97. The summed E-state index contributed by atoms with van der Waals surface area (Å²) in [4.78, 5) is 14.0. The van der Waals surface area contributed by atoms with Crippen molar-refractivity contribution in [2.24, 2.45) is 0 Å². The van der Waals surface area contributed by atoms with Crippen LogP contribution in [0.5, 0.6) is 0 Å². The number of hydrogen-bond donors (Lipinski definition) is 0. The summed E-state index contributed by atoms with van der Waals surface area (Å²) in [7, 11) is 0. The fourth-order valence-electron chi connectivity index (χ4n) is 2.13. The van der Waals surface area contributed by atoms with Crippen LogP contribution >= 0.6 is 23.4 Å². The average molecular weight is 330 g/mol. The van der Waals surface area contributed by atoms with Gasteiger partial charge in [0.25, 0.3) is 0 Å². The number of carbonyl (C=O) groups is 1. The molecule has 1 aliphatic rings. The van der Waals surface area contributed by atoms with Gasteiger partial charge in [-0.15, -0.1) is 22.0 Å². The number of likely N-dealkylation sites (tertiary alicyclic amines) is 1. The minimum absolute atomic E-state index is 0.183. The molecule has 5 nitrogen and oxygen atoms in total. The Morgan fingerprint density at radius 1 is 1.48 bits per heavy atom. The number of aromatic nitrogens is 2. The molecule has 2 rings (SSSR count). The lowest BCUT2D eigenvalue weighted by Gasteiger charge is -2.28. The van der Waals surface area contributed by atoms with E-state index in [2.05, 4.69) is 10.2 Å². The highest BCUT2D eigenvalue weighted by Gasteiger charge is 2.32. The molecule has 1 unspecified atom stereocenters. The summed E-state index contributed by atoms with van der Waals surface area (Å²) in [6.07, 6.45) is 1.78. The highest BCUT2D eigenvalue weighted by Crippen LogP contribution is 2.26. The van der Waals surface area contributed by atoms with Crippen LogP contribution < -0.4 is 0 Å². The third-order valence-corrected chi connectivity index (χ3v) is 4.30. The lowest BCUT2D eigenvalue weighted by Crippen LogP contribution is -2.40. The Balaban J connectivity index is 1.90. The van der Waals surface area contributed by atoms with Crippen molar-refractivity contribution in [1.82, 2.24) is 15.1 Å². The second kappa shape index (κ2) is 6.83. The Hall–Kier alpha value is -1.01. The van der Waals surface area contributed by atoms with Crippen molar-refractivity contribution >= 4 is 29.5 Å². The first-order valence-corrected chi connectivity index (χ1v) is 8.33. The Kier molecular flexibility index (Phi) is 5.32. The number of carbonyl (C=O) groups excluding carboxylic acids is 1. The molecule has 0 spiro atoms. The molecule has 0 saturated carbocycles. The Labute approximate surface area is 134 Å². The molecule has 7 heteroatoms. The molecule has 21 heavy (non-hydrogen) atoms. The van der Waals surface area contributed by atoms with Crippen LogP contribution in [0, 0.1) is 0 Å². The third kappa shape index (κ3) is 5.04. The van der Waals surface area contributed by atoms with Crippen LogP contribution in [0.2, 0.25) is 5.15 Å². The van der Waals surface area contributed by atoms with E-state index in [4.69, 9.17) is 16.3 Å². The predicted molar refractivity (Wildman–Crippen MR) is 83.7 cm³/mol. The number of nitrogens with zero attached hydrogens (tertiary/aromatic N) is 3. The van der Waals surface area contributed by atoms with Crippen molar-refractivity contribution in [2.45, 2.75) is 50.3 Å². The van der Waals surface area contributed by atoms with Crippen LogP contribution in [0.15, 0.2) is 17.2 Å². The van der Waals surface area contributed by atoms with E-state index >= 15 is 0 Å². The maximum absolute atomic E-state index is 12.2. The van der Waals surface area contributed by atoms with Gasteiger partial charge in [-0.1, -0.05) is 11.6 Å². The summed E-state index contributed by atoms with van der Waals surface area (Å²) in [5.41, 5.74) is -0.459. The van der Waals surface area contributed by atoms with Crippen LogP contribution in [0.4, 0.5) is 4.79 Å². The molecule has 0 N–H and O–H groups in total. The molecule has 116 valence electrons. The topological polar surface area (TPSA) is 55.3 Å². The van der Waals surface area contributed by atoms with Crippen molar-refractivity contribution in [1.29, 1.82) is 0 Å². The van der Waals surface area contributed by atoms with Crippen LogP contribution in [0.1, 0.15) is 33.6 Å². The van der Waals surface area contributed by atoms with E-state index in [1.807, 2.05) is 31.7 Å². The molecule has 0 aromatic carbocycles. The quantitative estimate of drug-likeness (QED) is 0.793. The Bertz CT molecular complexity index is 490. The van der Waals surface area contributed by atoms with Gasteiger partial charge in [0.1, 0.15) is 10.6 Å². The fourth-order valence-corrected chi connectivity index (χ4v) is 3.21. The van der Waals surface area contributed by atoms with Crippen LogP contribution in [0.3, 0.4) is 0 Å².